The third kappa shape index (κ3) is 1.37. The largest absolute Gasteiger partial charge is 0.494 e. The number of ether oxygens (including phenoxy) is 1. The molecule has 1 aromatic rings. The number of ketones is 1. The van der Waals surface area contributed by atoms with Crippen molar-refractivity contribution in [2.75, 3.05) is 12.8 Å². The van der Waals surface area contributed by atoms with E-state index < -0.39 is 0 Å². The van der Waals surface area contributed by atoms with Crippen LogP contribution in [0.25, 0.3) is 0 Å². The number of hydrogen-bond acceptors (Lipinski definition) is 4. The van der Waals surface area contributed by atoms with Crippen LogP contribution in [-0.4, -0.2) is 17.9 Å². The zero-order valence-corrected chi connectivity index (χ0v) is 7.00. The van der Waals surface area contributed by atoms with Gasteiger partial charge in [-0.3, -0.25) is 9.78 Å². The number of Topliss-reactive ketones (excluding diaryl/α,β-unsaturated/α-hetero) is 1. The molecule has 0 radical (unpaired) electrons. The number of anilines is 1. The molecule has 0 aliphatic rings. The van der Waals surface area contributed by atoms with Gasteiger partial charge < -0.3 is 10.5 Å². The summed E-state index contributed by atoms with van der Waals surface area (Å²) in [5.74, 6) is 0.300. The lowest BCUT2D eigenvalue weighted by Crippen LogP contribution is -2.03. The predicted octanol–water partition coefficient (Wildman–Crippen LogP) is 0.875. The summed E-state index contributed by atoms with van der Waals surface area (Å²) in [6, 6.07) is 0. The van der Waals surface area contributed by atoms with E-state index in [-0.39, 0.29) is 5.78 Å². The molecular formula is C8H10N2O2. The van der Waals surface area contributed by atoms with E-state index in [0.717, 1.165) is 0 Å². The first kappa shape index (κ1) is 8.52. The van der Waals surface area contributed by atoms with E-state index in [0.29, 0.717) is 17.0 Å². The van der Waals surface area contributed by atoms with E-state index in [1.54, 1.807) is 0 Å². The number of nitrogens with two attached hydrogens (primary N) is 1. The summed E-state index contributed by atoms with van der Waals surface area (Å²) in [5, 5.41) is 0. The Hall–Kier alpha value is -1.58. The van der Waals surface area contributed by atoms with Crippen molar-refractivity contribution in [1.82, 2.24) is 4.98 Å². The minimum absolute atomic E-state index is 0.119. The Kier molecular flexibility index (Phi) is 2.28. The van der Waals surface area contributed by atoms with Crippen LogP contribution in [0.3, 0.4) is 0 Å². The van der Waals surface area contributed by atoms with Gasteiger partial charge in [0.05, 0.1) is 30.8 Å². The lowest BCUT2D eigenvalue weighted by Gasteiger charge is -2.06. The van der Waals surface area contributed by atoms with E-state index >= 15 is 0 Å². The molecule has 4 heteroatoms. The van der Waals surface area contributed by atoms with Gasteiger partial charge in [0.25, 0.3) is 0 Å². The van der Waals surface area contributed by atoms with Crippen LogP contribution in [-0.2, 0) is 0 Å². The lowest BCUT2D eigenvalue weighted by atomic mass is 10.1. The maximum Gasteiger partial charge on any atom is 0.165 e. The second-order valence-electron chi connectivity index (χ2n) is 2.36. The second kappa shape index (κ2) is 3.21. The van der Waals surface area contributed by atoms with Crippen LogP contribution < -0.4 is 10.5 Å². The standard InChI is InChI=1S/C8H10N2O2/c1-5(11)8-6(9)3-10-4-7(8)12-2/h3-4H,9H2,1-2H3. The Bertz CT molecular complexity index is 310. The summed E-state index contributed by atoms with van der Waals surface area (Å²) in [6.45, 7) is 1.44. The Morgan fingerprint density at radius 3 is 2.67 bits per heavy atom. The third-order valence-electron chi connectivity index (χ3n) is 1.51. The Morgan fingerprint density at radius 1 is 1.58 bits per heavy atom. The van der Waals surface area contributed by atoms with Crippen molar-refractivity contribution in [3.05, 3.63) is 18.0 Å². The summed E-state index contributed by atoms with van der Waals surface area (Å²) in [5.41, 5.74) is 6.28. The molecule has 12 heavy (non-hydrogen) atoms. The quantitative estimate of drug-likeness (QED) is 0.662. The first-order chi connectivity index (χ1) is 5.66. The second-order valence-corrected chi connectivity index (χ2v) is 2.36. The van der Waals surface area contributed by atoms with Gasteiger partial charge in [-0.15, -0.1) is 0 Å². The summed E-state index contributed by atoms with van der Waals surface area (Å²) in [6.07, 6.45) is 2.90. The van der Waals surface area contributed by atoms with E-state index in [1.165, 1.54) is 26.4 Å². The van der Waals surface area contributed by atoms with Crippen molar-refractivity contribution >= 4 is 11.5 Å². The zero-order valence-electron chi connectivity index (χ0n) is 7.00. The van der Waals surface area contributed by atoms with Crippen molar-refractivity contribution in [2.24, 2.45) is 0 Å². The minimum atomic E-state index is -0.119. The van der Waals surface area contributed by atoms with Crippen molar-refractivity contribution in [1.29, 1.82) is 0 Å². The zero-order chi connectivity index (χ0) is 9.14. The smallest absolute Gasteiger partial charge is 0.165 e. The fraction of sp³-hybridized carbons (Fsp3) is 0.250. The molecule has 0 saturated carbocycles. The molecule has 0 saturated heterocycles. The molecule has 64 valence electrons. The average Bonchev–Trinajstić information content (AvgIpc) is 2.03. The van der Waals surface area contributed by atoms with Crippen molar-refractivity contribution < 1.29 is 9.53 Å². The number of nitrogen functional groups attached to an aromatic ring is 1. The van der Waals surface area contributed by atoms with Gasteiger partial charge in [0.15, 0.2) is 5.78 Å². The van der Waals surface area contributed by atoms with Crippen LogP contribution in [0.15, 0.2) is 12.4 Å². The highest BCUT2D eigenvalue weighted by Gasteiger charge is 2.11. The SMILES string of the molecule is COc1cncc(N)c1C(C)=O. The van der Waals surface area contributed by atoms with Gasteiger partial charge in [0.2, 0.25) is 0 Å². The van der Waals surface area contributed by atoms with Gasteiger partial charge in [-0.25, -0.2) is 0 Å². The molecule has 0 bridgehead atoms. The molecule has 0 amide bonds. The van der Waals surface area contributed by atoms with Crippen LogP contribution >= 0.6 is 0 Å². The van der Waals surface area contributed by atoms with Gasteiger partial charge in [-0.1, -0.05) is 0 Å². The van der Waals surface area contributed by atoms with Crippen LogP contribution in [0.4, 0.5) is 5.69 Å². The summed E-state index contributed by atoms with van der Waals surface area (Å²) >= 11 is 0. The number of aromatic nitrogens is 1. The lowest BCUT2D eigenvalue weighted by molar-refractivity contribution is 0.101. The monoisotopic (exact) mass is 166 g/mol. The molecule has 0 aliphatic carbocycles. The molecule has 0 atom stereocenters. The fourth-order valence-electron chi connectivity index (χ4n) is 0.988. The maximum absolute atomic E-state index is 11.1. The molecule has 0 fully saturated rings. The minimum Gasteiger partial charge on any atom is -0.494 e. The number of carbonyl (C=O) groups is 1. The van der Waals surface area contributed by atoms with Crippen LogP contribution in [0, 0.1) is 0 Å². The van der Waals surface area contributed by atoms with Gasteiger partial charge >= 0.3 is 0 Å². The average molecular weight is 166 g/mol. The molecule has 0 aromatic carbocycles. The highest BCUT2D eigenvalue weighted by atomic mass is 16.5. The predicted molar refractivity (Wildman–Crippen MR) is 45.2 cm³/mol. The Balaban J connectivity index is 3.29. The molecule has 1 aromatic heterocycles. The topological polar surface area (TPSA) is 65.2 Å². The van der Waals surface area contributed by atoms with Crippen molar-refractivity contribution in [3.63, 3.8) is 0 Å². The Morgan fingerprint density at radius 2 is 2.25 bits per heavy atom. The molecule has 2 N–H and O–H groups in total. The maximum atomic E-state index is 11.1. The number of carbonyl (C=O) groups excluding carboxylic acids is 1. The van der Waals surface area contributed by atoms with Crippen molar-refractivity contribution in [2.45, 2.75) is 6.92 Å². The van der Waals surface area contributed by atoms with Crippen LogP contribution in [0.1, 0.15) is 17.3 Å². The summed E-state index contributed by atoms with van der Waals surface area (Å²) in [4.78, 5) is 14.9. The third-order valence-corrected chi connectivity index (χ3v) is 1.51. The summed E-state index contributed by atoms with van der Waals surface area (Å²) in [7, 11) is 1.48. The highest BCUT2D eigenvalue weighted by molar-refractivity contribution is 6.01. The van der Waals surface area contributed by atoms with Gasteiger partial charge in [0, 0.05) is 0 Å². The van der Waals surface area contributed by atoms with E-state index in [4.69, 9.17) is 10.5 Å². The highest BCUT2D eigenvalue weighted by Crippen LogP contribution is 2.22. The van der Waals surface area contributed by atoms with Gasteiger partial charge in [0.1, 0.15) is 5.75 Å². The molecule has 1 rings (SSSR count). The van der Waals surface area contributed by atoms with E-state index in [2.05, 4.69) is 4.98 Å². The molecule has 0 aliphatic heterocycles. The Labute approximate surface area is 70.4 Å². The fourth-order valence-corrected chi connectivity index (χ4v) is 0.988. The normalized spacial score (nSPS) is 9.50. The molecule has 4 nitrogen and oxygen atoms in total. The summed E-state index contributed by atoms with van der Waals surface area (Å²) < 4.78 is 4.92. The number of methoxy groups -OCH3 is 1. The van der Waals surface area contributed by atoms with Crippen molar-refractivity contribution in [3.8, 4) is 5.75 Å². The van der Waals surface area contributed by atoms with Gasteiger partial charge in [-0.05, 0) is 6.92 Å². The molecule has 1 heterocycles. The molecular weight excluding hydrogens is 156 g/mol. The van der Waals surface area contributed by atoms with Crippen LogP contribution in [0.5, 0.6) is 5.75 Å². The van der Waals surface area contributed by atoms with Gasteiger partial charge in [-0.2, -0.15) is 0 Å². The first-order valence-electron chi connectivity index (χ1n) is 3.45. The number of pyridine rings is 1. The number of rotatable bonds is 2. The van der Waals surface area contributed by atoms with E-state index in [9.17, 15) is 4.79 Å². The first-order valence-corrected chi connectivity index (χ1v) is 3.45. The van der Waals surface area contributed by atoms with E-state index in [1.807, 2.05) is 0 Å². The number of hydrogen-bond donors (Lipinski definition) is 1. The van der Waals surface area contributed by atoms with Crippen LogP contribution in [0.2, 0.25) is 0 Å². The number of nitrogens with zero attached hydrogens (tertiary/aromatic N) is 1. The molecule has 0 unspecified atom stereocenters. The molecule has 0 spiro atoms.